The van der Waals surface area contributed by atoms with Crippen LogP contribution in [0.2, 0.25) is 0 Å². The number of carbonyl (C=O) groups excluding carboxylic acids is 1. The van der Waals surface area contributed by atoms with Crippen LogP contribution in [0.4, 0.5) is 0 Å². The van der Waals surface area contributed by atoms with E-state index in [9.17, 15) is 9.90 Å². The summed E-state index contributed by atoms with van der Waals surface area (Å²) >= 11 is 0. The molecule has 0 aliphatic heterocycles. The van der Waals surface area contributed by atoms with E-state index in [1.807, 2.05) is 19.9 Å². The number of ether oxygens (including phenoxy) is 2. The van der Waals surface area contributed by atoms with Crippen molar-refractivity contribution in [2.75, 3.05) is 20.8 Å². The van der Waals surface area contributed by atoms with Gasteiger partial charge in [-0.2, -0.15) is 0 Å². The summed E-state index contributed by atoms with van der Waals surface area (Å²) in [6.07, 6.45) is 1.46. The van der Waals surface area contributed by atoms with Crippen LogP contribution >= 0.6 is 0 Å². The lowest BCUT2D eigenvalue weighted by molar-refractivity contribution is -0.121. The Morgan fingerprint density at radius 1 is 1.19 bits per heavy atom. The Labute approximate surface area is 126 Å². The van der Waals surface area contributed by atoms with Crippen LogP contribution in [0.5, 0.6) is 11.5 Å². The third kappa shape index (κ3) is 4.93. The zero-order valence-corrected chi connectivity index (χ0v) is 13.2. The largest absolute Gasteiger partial charge is 0.493 e. The summed E-state index contributed by atoms with van der Waals surface area (Å²) in [7, 11) is 3.13. The second kappa shape index (κ2) is 7.88. The predicted molar refractivity (Wildman–Crippen MR) is 81.8 cm³/mol. The van der Waals surface area contributed by atoms with Gasteiger partial charge in [-0.3, -0.25) is 4.79 Å². The van der Waals surface area contributed by atoms with Crippen molar-refractivity contribution in [1.82, 2.24) is 5.32 Å². The van der Waals surface area contributed by atoms with Gasteiger partial charge in [0.2, 0.25) is 5.91 Å². The highest BCUT2D eigenvalue weighted by Crippen LogP contribution is 2.27. The van der Waals surface area contributed by atoms with Gasteiger partial charge in [0.05, 0.1) is 26.2 Å². The minimum absolute atomic E-state index is 0.123. The number of rotatable bonds is 8. The van der Waals surface area contributed by atoms with Crippen LogP contribution in [-0.2, 0) is 11.2 Å². The predicted octanol–water partition coefficient (Wildman–Crippen LogP) is 1.91. The van der Waals surface area contributed by atoms with Crippen molar-refractivity contribution in [3.05, 3.63) is 23.8 Å². The summed E-state index contributed by atoms with van der Waals surface area (Å²) in [6.45, 7) is 4.08. The molecule has 0 heterocycles. The van der Waals surface area contributed by atoms with Gasteiger partial charge in [0, 0.05) is 6.54 Å². The van der Waals surface area contributed by atoms with Gasteiger partial charge in [0.25, 0.3) is 0 Å². The van der Waals surface area contributed by atoms with Crippen LogP contribution in [0.1, 0.15) is 32.3 Å². The number of benzene rings is 1. The van der Waals surface area contributed by atoms with E-state index in [4.69, 9.17) is 9.47 Å². The van der Waals surface area contributed by atoms with Gasteiger partial charge in [-0.25, -0.2) is 0 Å². The van der Waals surface area contributed by atoms with E-state index in [1.54, 1.807) is 26.4 Å². The molecule has 1 rings (SSSR count). The lowest BCUT2D eigenvalue weighted by Crippen LogP contribution is -2.42. The Morgan fingerprint density at radius 3 is 2.33 bits per heavy atom. The molecule has 1 amide bonds. The zero-order chi connectivity index (χ0) is 15.9. The first-order chi connectivity index (χ1) is 9.97. The maximum absolute atomic E-state index is 12.0. The van der Waals surface area contributed by atoms with E-state index in [1.165, 1.54) is 0 Å². The van der Waals surface area contributed by atoms with Crippen LogP contribution in [-0.4, -0.2) is 37.4 Å². The molecular formula is C16H25NO4. The SMILES string of the molecule is CCC(O)(CC)CNC(=O)Cc1ccc(OC)c(OC)c1. The van der Waals surface area contributed by atoms with E-state index in [2.05, 4.69) is 5.32 Å². The monoisotopic (exact) mass is 295 g/mol. The van der Waals surface area contributed by atoms with Crippen molar-refractivity contribution < 1.29 is 19.4 Å². The second-order valence-corrected chi connectivity index (χ2v) is 5.07. The summed E-state index contributed by atoms with van der Waals surface area (Å²) < 4.78 is 10.4. The summed E-state index contributed by atoms with van der Waals surface area (Å²) in [6, 6.07) is 5.38. The molecule has 5 nitrogen and oxygen atoms in total. The minimum Gasteiger partial charge on any atom is -0.493 e. The second-order valence-electron chi connectivity index (χ2n) is 5.07. The van der Waals surface area contributed by atoms with Gasteiger partial charge in [-0.1, -0.05) is 19.9 Å². The van der Waals surface area contributed by atoms with Crippen molar-refractivity contribution in [2.45, 2.75) is 38.7 Å². The molecule has 1 aromatic rings. The Balaban J connectivity index is 2.63. The number of nitrogens with one attached hydrogen (secondary N) is 1. The molecule has 21 heavy (non-hydrogen) atoms. The van der Waals surface area contributed by atoms with Gasteiger partial charge in [0.15, 0.2) is 11.5 Å². The maximum atomic E-state index is 12.0. The lowest BCUT2D eigenvalue weighted by atomic mass is 9.97. The Bertz CT molecular complexity index is 469. The number of hydrogen-bond donors (Lipinski definition) is 2. The van der Waals surface area contributed by atoms with Crippen LogP contribution in [0.15, 0.2) is 18.2 Å². The molecule has 0 saturated carbocycles. The van der Waals surface area contributed by atoms with Gasteiger partial charge < -0.3 is 19.9 Å². The topological polar surface area (TPSA) is 67.8 Å². The molecule has 0 aliphatic rings. The highest BCUT2D eigenvalue weighted by molar-refractivity contribution is 5.78. The molecule has 2 N–H and O–H groups in total. The first-order valence-corrected chi connectivity index (χ1v) is 7.18. The van der Waals surface area contributed by atoms with Gasteiger partial charge in [0.1, 0.15) is 0 Å². The molecule has 0 bridgehead atoms. The third-order valence-corrected chi connectivity index (χ3v) is 3.74. The van der Waals surface area contributed by atoms with Gasteiger partial charge >= 0.3 is 0 Å². The number of amides is 1. The van der Waals surface area contributed by atoms with E-state index in [0.29, 0.717) is 24.3 Å². The van der Waals surface area contributed by atoms with Crippen LogP contribution in [0.25, 0.3) is 0 Å². The van der Waals surface area contributed by atoms with Crippen molar-refractivity contribution in [3.63, 3.8) is 0 Å². The molecule has 0 radical (unpaired) electrons. The molecule has 0 aliphatic carbocycles. The molecule has 0 aromatic heterocycles. The molecule has 0 fully saturated rings. The molecule has 0 spiro atoms. The third-order valence-electron chi connectivity index (χ3n) is 3.74. The molecular weight excluding hydrogens is 270 g/mol. The standard InChI is InChI=1S/C16H25NO4/c1-5-16(19,6-2)11-17-15(18)10-12-7-8-13(20-3)14(9-12)21-4/h7-9,19H,5-6,10-11H2,1-4H3,(H,17,18). The van der Waals surface area contributed by atoms with Crippen LogP contribution in [0, 0.1) is 0 Å². The van der Waals surface area contributed by atoms with E-state index >= 15 is 0 Å². The number of methoxy groups -OCH3 is 2. The Morgan fingerprint density at radius 2 is 1.81 bits per heavy atom. The Hall–Kier alpha value is -1.75. The number of carbonyl (C=O) groups is 1. The smallest absolute Gasteiger partial charge is 0.224 e. The average molecular weight is 295 g/mol. The highest BCUT2D eigenvalue weighted by atomic mass is 16.5. The maximum Gasteiger partial charge on any atom is 0.224 e. The fourth-order valence-electron chi connectivity index (χ4n) is 2.00. The minimum atomic E-state index is -0.826. The average Bonchev–Trinajstić information content (AvgIpc) is 2.52. The van der Waals surface area contributed by atoms with E-state index in [0.717, 1.165) is 5.56 Å². The van der Waals surface area contributed by atoms with Crippen LogP contribution in [0.3, 0.4) is 0 Å². The van der Waals surface area contributed by atoms with Gasteiger partial charge in [-0.05, 0) is 30.5 Å². The lowest BCUT2D eigenvalue weighted by Gasteiger charge is -2.25. The van der Waals surface area contributed by atoms with Crippen molar-refractivity contribution >= 4 is 5.91 Å². The summed E-state index contributed by atoms with van der Waals surface area (Å²) in [5.41, 5.74) is 0.00876. The van der Waals surface area contributed by atoms with Crippen molar-refractivity contribution in [1.29, 1.82) is 0 Å². The fourth-order valence-corrected chi connectivity index (χ4v) is 2.00. The Kier molecular flexibility index (Phi) is 6.49. The molecule has 0 saturated heterocycles. The summed E-state index contributed by atoms with van der Waals surface area (Å²) in [5.74, 6) is 1.11. The molecule has 118 valence electrons. The first kappa shape index (κ1) is 17.3. The summed E-state index contributed by atoms with van der Waals surface area (Å²) in [5, 5.41) is 12.9. The van der Waals surface area contributed by atoms with Crippen molar-refractivity contribution in [2.24, 2.45) is 0 Å². The quantitative estimate of drug-likeness (QED) is 0.769. The molecule has 0 unspecified atom stereocenters. The zero-order valence-electron chi connectivity index (χ0n) is 13.2. The first-order valence-electron chi connectivity index (χ1n) is 7.18. The highest BCUT2D eigenvalue weighted by Gasteiger charge is 2.22. The normalized spacial score (nSPS) is 11.1. The number of hydrogen-bond acceptors (Lipinski definition) is 4. The molecule has 1 aromatic carbocycles. The fraction of sp³-hybridized carbons (Fsp3) is 0.562. The van der Waals surface area contributed by atoms with Crippen molar-refractivity contribution in [3.8, 4) is 11.5 Å². The van der Waals surface area contributed by atoms with E-state index in [-0.39, 0.29) is 18.9 Å². The van der Waals surface area contributed by atoms with Crippen LogP contribution < -0.4 is 14.8 Å². The molecule has 0 atom stereocenters. The van der Waals surface area contributed by atoms with Gasteiger partial charge in [-0.15, -0.1) is 0 Å². The van der Waals surface area contributed by atoms with E-state index < -0.39 is 5.60 Å². The summed E-state index contributed by atoms with van der Waals surface area (Å²) in [4.78, 5) is 12.0. The number of aliphatic hydroxyl groups is 1. The molecule has 5 heteroatoms.